The minimum absolute atomic E-state index is 0.194. The molecule has 3 heteroatoms. The van der Waals surface area contributed by atoms with Crippen LogP contribution in [0.1, 0.15) is 33.6 Å². The van der Waals surface area contributed by atoms with Gasteiger partial charge in [-0.25, -0.2) is 4.39 Å². The summed E-state index contributed by atoms with van der Waals surface area (Å²) in [7, 11) is 0. The summed E-state index contributed by atoms with van der Waals surface area (Å²) in [4.78, 5) is 12.4. The molecule has 1 nitrogen and oxygen atoms in total. The van der Waals surface area contributed by atoms with E-state index in [1.807, 2.05) is 6.07 Å². The van der Waals surface area contributed by atoms with Crippen molar-refractivity contribution in [3.05, 3.63) is 30.1 Å². The third kappa shape index (κ3) is 6.47. The Labute approximate surface area is 107 Å². The molecule has 0 amide bonds. The molecule has 1 aromatic carbocycles. The number of rotatable bonds is 5. The highest BCUT2D eigenvalue weighted by molar-refractivity contribution is 8.00. The largest absolute Gasteiger partial charge is 0.299 e. The van der Waals surface area contributed by atoms with E-state index in [1.165, 1.54) is 23.9 Å². The minimum atomic E-state index is -0.253. The zero-order valence-electron chi connectivity index (χ0n) is 10.6. The van der Waals surface area contributed by atoms with Crippen molar-refractivity contribution in [2.45, 2.75) is 38.5 Å². The van der Waals surface area contributed by atoms with Gasteiger partial charge in [0.1, 0.15) is 11.6 Å². The highest BCUT2D eigenvalue weighted by Crippen LogP contribution is 2.23. The number of hydrogen-bond donors (Lipinski definition) is 0. The van der Waals surface area contributed by atoms with Crippen LogP contribution in [0.2, 0.25) is 0 Å². The van der Waals surface area contributed by atoms with E-state index >= 15 is 0 Å². The number of carbonyl (C=O) groups excluding carboxylic acids is 1. The van der Waals surface area contributed by atoms with Gasteiger partial charge in [-0.3, -0.25) is 4.79 Å². The third-order valence-corrected chi connectivity index (χ3v) is 3.40. The smallest absolute Gasteiger partial charge is 0.143 e. The maximum atomic E-state index is 12.9. The van der Waals surface area contributed by atoms with Gasteiger partial charge in [0.05, 0.1) is 5.75 Å². The van der Waals surface area contributed by atoms with Crippen molar-refractivity contribution < 1.29 is 9.18 Å². The molecule has 17 heavy (non-hydrogen) atoms. The Hall–Kier alpha value is -0.830. The Morgan fingerprint density at radius 3 is 2.65 bits per heavy atom. The Morgan fingerprint density at radius 2 is 2.06 bits per heavy atom. The Bertz CT molecular complexity index is 382. The highest BCUT2D eigenvalue weighted by Gasteiger charge is 2.13. The Balaban J connectivity index is 2.33. The lowest BCUT2D eigenvalue weighted by molar-refractivity contribution is -0.117. The maximum absolute atomic E-state index is 12.9. The molecule has 0 unspecified atom stereocenters. The molecule has 0 aliphatic carbocycles. The van der Waals surface area contributed by atoms with E-state index in [0.29, 0.717) is 12.2 Å². The third-order valence-electron chi connectivity index (χ3n) is 2.35. The summed E-state index contributed by atoms with van der Waals surface area (Å²) in [6.07, 6.45) is 1.50. The second kappa shape index (κ2) is 6.20. The molecule has 0 bridgehead atoms. The number of halogens is 1. The molecule has 0 aliphatic rings. The van der Waals surface area contributed by atoms with E-state index in [1.54, 1.807) is 6.07 Å². The van der Waals surface area contributed by atoms with Gasteiger partial charge in [0.15, 0.2) is 0 Å². The van der Waals surface area contributed by atoms with E-state index in [9.17, 15) is 9.18 Å². The predicted molar refractivity (Wildman–Crippen MR) is 70.8 cm³/mol. The molecular weight excluding hydrogens is 235 g/mol. The number of benzene rings is 1. The monoisotopic (exact) mass is 254 g/mol. The van der Waals surface area contributed by atoms with E-state index in [2.05, 4.69) is 20.8 Å². The van der Waals surface area contributed by atoms with Crippen molar-refractivity contribution in [3.8, 4) is 0 Å². The van der Waals surface area contributed by atoms with Gasteiger partial charge in [-0.2, -0.15) is 0 Å². The minimum Gasteiger partial charge on any atom is -0.299 e. The van der Waals surface area contributed by atoms with Crippen LogP contribution in [0.15, 0.2) is 29.2 Å². The molecule has 1 rings (SSSR count). The van der Waals surface area contributed by atoms with Crippen LogP contribution in [0, 0.1) is 11.2 Å². The number of thioether (sulfide) groups is 1. The van der Waals surface area contributed by atoms with Crippen LogP contribution >= 0.6 is 11.8 Å². The van der Waals surface area contributed by atoms with Gasteiger partial charge in [-0.05, 0) is 30.0 Å². The summed E-state index contributed by atoms with van der Waals surface area (Å²) >= 11 is 1.40. The molecule has 94 valence electrons. The van der Waals surface area contributed by atoms with Crippen molar-refractivity contribution >= 4 is 17.5 Å². The molecule has 0 saturated heterocycles. The van der Waals surface area contributed by atoms with Gasteiger partial charge in [0, 0.05) is 11.3 Å². The highest BCUT2D eigenvalue weighted by atomic mass is 32.2. The quantitative estimate of drug-likeness (QED) is 0.728. The van der Waals surface area contributed by atoms with Gasteiger partial charge in [-0.15, -0.1) is 11.8 Å². The maximum Gasteiger partial charge on any atom is 0.143 e. The van der Waals surface area contributed by atoms with E-state index in [4.69, 9.17) is 0 Å². The fraction of sp³-hybridized carbons (Fsp3) is 0.500. The van der Waals surface area contributed by atoms with Crippen LogP contribution in [0.25, 0.3) is 0 Å². The van der Waals surface area contributed by atoms with Gasteiger partial charge < -0.3 is 0 Å². The van der Waals surface area contributed by atoms with Gasteiger partial charge in [0.2, 0.25) is 0 Å². The normalized spacial score (nSPS) is 11.5. The van der Waals surface area contributed by atoms with Crippen LogP contribution in [-0.4, -0.2) is 11.5 Å². The molecule has 0 atom stereocenters. The number of hydrogen-bond acceptors (Lipinski definition) is 2. The average Bonchev–Trinajstić information content (AvgIpc) is 2.23. The lowest BCUT2D eigenvalue weighted by Gasteiger charge is -2.16. The molecule has 0 aliphatic heterocycles. The van der Waals surface area contributed by atoms with Gasteiger partial charge in [0.25, 0.3) is 0 Å². The first-order chi connectivity index (χ1) is 7.87. The van der Waals surface area contributed by atoms with Crippen molar-refractivity contribution in [2.24, 2.45) is 5.41 Å². The van der Waals surface area contributed by atoms with Crippen molar-refractivity contribution in [1.29, 1.82) is 0 Å². The SMILES string of the molecule is CC(C)(C)CCC(=O)CSc1cccc(F)c1. The van der Waals surface area contributed by atoms with Crippen LogP contribution in [0.5, 0.6) is 0 Å². The van der Waals surface area contributed by atoms with Crippen LogP contribution in [0.3, 0.4) is 0 Å². The molecular formula is C14H19FOS. The summed E-state index contributed by atoms with van der Waals surface area (Å²) in [5.41, 5.74) is 0.194. The second-order valence-corrected chi connectivity index (χ2v) is 6.39. The molecule has 0 radical (unpaired) electrons. The summed E-state index contributed by atoms with van der Waals surface area (Å²) < 4.78 is 12.9. The van der Waals surface area contributed by atoms with Crippen molar-refractivity contribution in [3.63, 3.8) is 0 Å². The van der Waals surface area contributed by atoms with Gasteiger partial charge in [-0.1, -0.05) is 26.8 Å². The standard InChI is InChI=1S/C14H19FOS/c1-14(2,3)8-7-12(16)10-17-13-6-4-5-11(15)9-13/h4-6,9H,7-8,10H2,1-3H3. The second-order valence-electron chi connectivity index (χ2n) is 5.35. The molecule has 0 N–H and O–H groups in total. The molecule has 0 heterocycles. The first kappa shape index (κ1) is 14.2. The van der Waals surface area contributed by atoms with E-state index in [-0.39, 0.29) is 17.0 Å². The fourth-order valence-electron chi connectivity index (χ4n) is 1.31. The topological polar surface area (TPSA) is 17.1 Å². The first-order valence-electron chi connectivity index (χ1n) is 5.77. The van der Waals surface area contributed by atoms with Crippen molar-refractivity contribution in [2.75, 3.05) is 5.75 Å². The Kier molecular flexibility index (Phi) is 5.19. The molecule has 0 spiro atoms. The molecule has 0 saturated carbocycles. The lowest BCUT2D eigenvalue weighted by Crippen LogP contribution is -2.10. The number of Topliss-reactive ketones (excluding diaryl/α,β-unsaturated/α-hetero) is 1. The van der Waals surface area contributed by atoms with E-state index < -0.39 is 0 Å². The average molecular weight is 254 g/mol. The zero-order chi connectivity index (χ0) is 12.9. The summed E-state index contributed by atoms with van der Waals surface area (Å²) in [6, 6.07) is 6.36. The number of ketones is 1. The fourth-order valence-corrected chi connectivity index (χ4v) is 2.15. The summed E-state index contributed by atoms with van der Waals surface area (Å²) in [6.45, 7) is 6.37. The predicted octanol–water partition coefficient (Wildman–Crippen LogP) is 4.31. The molecule has 1 aromatic rings. The molecule has 0 aromatic heterocycles. The first-order valence-corrected chi connectivity index (χ1v) is 6.75. The Morgan fingerprint density at radius 1 is 1.35 bits per heavy atom. The van der Waals surface area contributed by atoms with Crippen molar-refractivity contribution in [1.82, 2.24) is 0 Å². The van der Waals surface area contributed by atoms with Gasteiger partial charge >= 0.3 is 0 Å². The number of carbonyl (C=O) groups is 1. The van der Waals surface area contributed by atoms with E-state index in [0.717, 1.165) is 11.3 Å². The van der Waals surface area contributed by atoms with Crippen LogP contribution in [0.4, 0.5) is 4.39 Å². The molecule has 0 fully saturated rings. The van der Waals surface area contributed by atoms with Crippen LogP contribution < -0.4 is 0 Å². The summed E-state index contributed by atoms with van der Waals surface area (Å²) in [5.74, 6) is 0.408. The summed E-state index contributed by atoms with van der Waals surface area (Å²) in [5, 5.41) is 0. The van der Waals surface area contributed by atoms with Crippen LogP contribution in [-0.2, 0) is 4.79 Å². The lowest BCUT2D eigenvalue weighted by atomic mass is 9.90. The zero-order valence-corrected chi connectivity index (χ0v) is 11.4.